The van der Waals surface area contributed by atoms with Crippen LogP contribution < -0.4 is 20.1 Å². The van der Waals surface area contributed by atoms with Crippen LogP contribution in [0.25, 0.3) is 6.08 Å². The number of hydrogen-bond acceptors (Lipinski definition) is 6. The highest BCUT2D eigenvalue weighted by Gasteiger charge is 2.35. The third kappa shape index (κ3) is 5.67. The summed E-state index contributed by atoms with van der Waals surface area (Å²) in [6, 6.07) is 11.0. The van der Waals surface area contributed by atoms with E-state index < -0.39 is 36.5 Å². The molecule has 33 heavy (non-hydrogen) atoms. The number of urea groups is 1. The molecule has 0 aliphatic carbocycles. The molecule has 0 spiro atoms. The minimum Gasteiger partial charge on any atom is -0.493 e. The van der Waals surface area contributed by atoms with E-state index in [9.17, 15) is 19.2 Å². The molecule has 2 aromatic rings. The van der Waals surface area contributed by atoms with Gasteiger partial charge in [-0.2, -0.15) is 0 Å². The minimum absolute atomic E-state index is 0.0160. The van der Waals surface area contributed by atoms with Gasteiger partial charge in [-0.15, -0.1) is 0 Å². The van der Waals surface area contributed by atoms with E-state index in [-0.39, 0.29) is 17.2 Å². The van der Waals surface area contributed by atoms with E-state index in [0.717, 1.165) is 10.5 Å². The Morgan fingerprint density at radius 3 is 2.48 bits per heavy atom. The number of carboxylic acid groups (broad SMARTS) is 1. The van der Waals surface area contributed by atoms with Gasteiger partial charge < -0.3 is 25.2 Å². The smallest absolute Gasteiger partial charge is 0.344 e. The predicted molar refractivity (Wildman–Crippen MR) is 119 cm³/mol. The molecule has 0 bridgehead atoms. The third-order valence-electron chi connectivity index (χ3n) is 4.75. The van der Waals surface area contributed by atoms with E-state index in [0.29, 0.717) is 11.3 Å². The Kier molecular flexibility index (Phi) is 6.97. The van der Waals surface area contributed by atoms with Crippen molar-refractivity contribution in [1.29, 1.82) is 0 Å². The van der Waals surface area contributed by atoms with Crippen LogP contribution in [0.5, 0.6) is 11.5 Å². The van der Waals surface area contributed by atoms with Crippen LogP contribution in [0.3, 0.4) is 0 Å². The topological polar surface area (TPSA) is 134 Å². The van der Waals surface area contributed by atoms with Crippen LogP contribution in [0, 0.1) is 6.92 Å². The minimum atomic E-state index is -1.13. The van der Waals surface area contributed by atoms with Gasteiger partial charge in [0.1, 0.15) is 12.2 Å². The molecule has 172 valence electrons. The number of carboxylic acids is 1. The molecule has 10 nitrogen and oxygen atoms in total. The van der Waals surface area contributed by atoms with E-state index >= 15 is 0 Å². The molecule has 2 aromatic carbocycles. The number of aryl methyl sites for hydroxylation is 1. The zero-order valence-electron chi connectivity index (χ0n) is 18.2. The van der Waals surface area contributed by atoms with Crippen molar-refractivity contribution in [2.45, 2.75) is 20.0 Å². The van der Waals surface area contributed by atoms with Crippen LogP contribution in [0.4, 0.5) is 10.5 Å². The Hall–Kier alpha value is -4.34. The van der Waals surface area contributed by atoms with Crippen LogP contribution in [0.15, 0.2) is 48.2 Å². The molecule has 1 saturated heterocycles. The van der Waals surface area contributed by atoms with Crippen LogP contribution in [-0.4, -0.2) is 53.6 Å². The lowest BCUT2D eigenvalue weighted by molar-refractivity contribution is -0.144. The summed E-state index contributed by atoms with van der Waals surface area (Å²) >= 11 is 0. The van der Waals surface area contributed by atoms with E-state index in [2.05, 4.69) is 10.6 Å². The number of rotatable bonds is 8. The summed E-state index contributed by atoms with van der Waals surface area (Å²) in [5.74, 6) is -1.83. The van der Waals surface area contributed by atoms with E-state index in [1.54, 1.807) is 18.2 Å². The van der Waals surface area contributed by atoms with Gasteiger partial charge in [0.05, 0.1) is 7.11 Å². The number of amides is 4. The molecule has 0 aromatic heterocycles. The quantitative estimate of drug-likeness (QED) is 0.413. The first-order chi connectivity index (χ1) is 15.7. The Labute approximate surface area is 189 Å². The fraction of sp³-hybridized carbons (Fsp3) is 0.217. The van der Waals surface area contributed by atoms with Crippen LogP contribution >= 0.6 is 0 Å². The lowest BCUT2D eigenvalue weighted by atomic mass is 10.1. The maximum Gasteiger partial charge on any atom is 0.344 e. The predicted octanol–water partition coefficient (Wildman–Crippen LogP) is 2.39. The maximum absolute atomic E-state index is 12.7. The molecular formula is C23H23N3O7. The summed E-state index contributed by atoms with van der Waals surface area (Å²) in [6.07, 6.45) is 0.337. The molecule has 10 heteroatoms. The highest BCUT2D eigenvalue weighted by molar-refractivity contribution is 6.16. The summed E-state index contributed by atoms with van der Waals surface area (Å²) in [6.45, 7) is 2.85. The molecule has 0 radical (unpaired) electrons. The fourth-order valence-electron chi connectivity index (χ4n) is 2.98. The number of imide groups is 1. The first-order valence-electron chi connectivity index (χ1n) is 9.96. The number of benzene rings is 2. The number of nitrogens with zero attached hydrogens (tertiary/aromatic N) is 1. The normalized spacial score (nSPS) is 15.2. The van der Waals surface area contributed by atoms with Gasteiger partial charge in [-0.25, -0.2) is 14.5 Å². The highest BCUT2D eigenvalue weighted by Crippen LogP contribution is 2.30. The number of ether oxygens (including phenoxy) is 2. The molecular weight excluding hydrogens is 430 g/mol. The van der Waals surface area contributed by atoms with Gasteiger partial charge in [-0.05, 0) is 49.8 Å². The molecule has 3 N–H and O–H groups in total. The number of methoxy groups -OCH3 is 1. The van der Waals surface area contributed by atoms with Gasteiger partial charge in [-0.3, -0.25) is 9.59 Å². The summed E-state index contributed by atoms with van der Waals surface area (Å²) in [5.41, 5.74) is 2.07. The van der Waals surface area contributed by atoms with E-state index in [4.69, 9.17) is 14.6 Å². The average Bonchev–Trinajstić information content (AvgIpc) is 3.03. The third-order valence-corrected chi connectivity index (χ3v) is 4.75. The van der Waals surface area contributed by atoms with Gasteiger partial charge in [0.15, 0.2) is 17.6 Å². The van der Waals surface area contributed by atoms with Gasteiger partial charge in [0.2, 0.25) is 5.91 Å². The lowest BCUT2D eigenvalue weighted by Gasteiger charge is -2.14. The zero-order valence-corrected chi connectivity index (χ0v) is 18.2. The van der Waals surface area contributed by atoms with Crippen LogP contribution in [-0.2, 0) is 14.4 Å². The van der Waals surface area contributed by atoms with Crippen molar-refractivity contribution in [2.24, 2.45) is 0 Å². The Balaban J connectivity index is 1.71. The van der Waals surface area contributed by atoms with Crippen molar-refractivity contribution in [2.75, 3.05) is 19.0 Å². The molecule has 1 aliphatic heterocycles. The number of anilines is 1. The van der Waals surface area contributed by atoms with Gasteiger partial charge >= 0.3 is 12.0 Å². The van der Waals surface area contributed by atoms with E-state index in [1.165, 1.54) is 32.2 Å². The first kappa shape index (κ1) is 23.3. The van der Waals surface area contributed by atoms with Crippen LogP contribution in [0.1, 0.15) is 18.1 Å². The van der Waals surface area contributed by atoms with Crippen molar-refractivity contribution in [3.8, 4) is 11.5 Å². The number of aliphatic carboxylic acids is 1. The summed E-state index contributed by atoms with van der Waals surface area (Å²) in [5, 5.41) is 14.1. The SMILES string of the molecule is COc1cc(/C=C2\NC(=O)N(CC(=O)Nc3ccc(C)cc3)C2=O)ccc1O[C@@H](C)C(=O)O. The standard InChI is InChI=1S/C23H23N3O7/c1-13-4-7-16(8-5-13)24-20(27)12-26-21(28)17(25-23(26)31)10-15-6-9-18(19(11-15)32-3)33-14(2)22(29)30/h4-11,14H,12H2,1-3H3,(H,24,27)(H,25,31)(H,29,30)/b17-10-/t14-/m0/s1. The molecule has 3 rings (SSSR count). The number of hydrogen-bond donors (Lipinski definition) is 3. The Bertz CT molecular complexity index is 1130. The molecule has 0 unspecified atom stereocenters. The Morgan fingerprint density at radius 1 is 1.15 bits per heavy atom. The number of carbonyl (C=O) groups excluding carboxylic acids is 3. The summed E-state index contributed by atoms with van der Waals surface area (Å²) in [4.78, 5) is 49.0. The zero-order chi connectivity index (χ0) is 24.1. The van der Waals surface area contributed by atoms with Gasteiger partial charge in [-0.1, -0.05) is 23.8 Å². The largest absolute Gasteiger partial charge is 0.493 e. The summed E-state index contributed by atoms with van der Waals surface area (Å²) in [7, 11) is 1.39. The summed E-state index contributed by atoms with van der Waals surface area (Å²) < 4.78 is 10.6. The molecule has 1 atom stereocenters. The molecule has 1 aliphatic rings. The van der Waals surface area contributed by atoms with Crippen molar-refractivity contribution < 1.29 is 33.8 Å². The molecule has 1 heterocycles. The Morgan fingerprint density at radius 2 is 1.85 bits per heavy atom. The van der Waals surface area contributed by atoms with Crippen molar-refractivity contribution in [3.05, 3.63) is 59.3 Å². The fourth-order valence-corrected chi connectivity index (χ4v) is 2.98. The second-order valence-corrected chi connectivity index (χ2v) is 7.30. The number of carbonyl (C=O) groups is 4. The second kappa shape index (κ2) is 9.86. The van der Waals surface area contributed by atoms with Gasteiger partial charge in [0, 0.05) is 5.69 Å². The first-order valence-corrected chi connectivity index (χ1v) is 9.96. The van der Waals surface area contributed by atoms with E-state index in [1.807, 2.05) is 19.1 Å². The second-order valence-electron chi connectivity index (χ2n) is 7.30. The van der Waals surface area contributed by atoms with Crippen molar-refractivity contribution in [1.82, 2.24) is 10.2 Å². The average molecular weight is 453 g/mol. The molecule has 1 fully saturated rings. The van der Waals surface area contributed by atoms with Crippen molar-refractivity contribution in [3.63, 3.8) is 0 Å². The number of nitrogens with one attached hydrogen (secondary N) is 2. The van der Waals surface area contributed by atoms with Crippen molar-refractivity contribution >= 4 is 35.6 Å². The highest BCUT2D eigenvalue weighted by atomic mass is 16.5. The van der Waals surface area contributed by atoms with Gasteiger partial charge in [0.25, 0.3) is 5.91 Å². The monoisotopic (exact) mass is 453 g/mol. The lowest BCUT2D eigenvalue weighted by Crippen LogP contribution is -2.38. The van der Waals surface area contributed by atoms with Crippen LogP contribution in [0.2, 0.25) is 0 Å². The molecule has 0 saturated carbocycles. The maximum atomic E-state index is 12.7. The molecule has 4 amide bonds.